The van der Waals surface area contributed by atoms with Gasteiger partial charge in [0.2, 0.25) is 0 Å². The minimum absolute atomic E-state index is 0.373. The Morgan fingerprint density at radius 3 is 2.42 bits per heavy atom. The highest BCUT2D eigenvalue weighted by Crippen LogP contribution is 2.42. The third-order valence-corrected chi connectivity index (χ3v) is 4.22. The maximum Gasteiger partial charge on any atom is 0.144 e. The minimum Gasteiger partial charge on any atom is -0.495 e. The van der Waals surface area contributed by atoms with E-state index in [1.165, 1.54) is 0 Å². The highest BCUT2D eigenvalue weighted by Gasteiger charge is 2.17. The summed E-state index contributed by atoms with van der Waals surface area (Å²) >= 11 is 7.11. The second kappa shape index (κ2) is 5.67. The molecule has 0 fully saturated rings. The van der Waals surface area contributed by atoms with Crippen molar-refractivity contribution in [2.75, 3.05) is 19.5 Å². The predicted octanol–water partition coefficient (Wildman–Crippen LogP) is 4.93. The van der Waals surface area contributed by atoms with E-state index in [0.29, 0.717) is 5.92 Å². The van der Waals surface area contributed by atoms with Crippen LogP contribution in [0.4, 0.5) is 5.69 Å². The molecule has 1 heterocycles. The van der Waals surface area contributed by atoms with Gasteiger partial charge in [-0.2, -0.15) is 0 Å². The van der Waals surface area contributed by atoms with Crippen molar-refractivity contribution in [1.82, 2.24) is 4.98 Å². The van der Waals surface area contributed by atoms with Gasteiger partial charge in [0.25, 0.3) is 0 Å². The van der Waals surface area contributed by atoms with Crippen LogP contribution in [0.15, 0.2) is 21.1 Å². The van der Waals surface area contributed by atoms with Gasteiger partial charge in [-0.05, 0) is 49.9 Å². The van der Waals surface area contributed by atoms with Gasteiger partial charge in [-0.3, -0.25) is 4.98 Å². The maximum atomic E-state index is 5.51. The van der Waals surface area contributed by atoms with Gasteiger partial charge in [-0.25, -0.2) is 0 Å². The van der Waals surface area contributed by atoms with Crippen molar-refractivity contribution in [3.8, 4) is 5.75 Å². The van der Waals surface area contributed by atoms with Crippen LogP contribution < -0.4 is 10.1 Å². The van der Waals surface area contributed by atoms with Gasteiger partial charge in [0.1, 0.15) is 5.75 Å². The third-order valence-electron chi connectivity index (χ3n) is 3.03. The minimum atomic E-state index is 0.373. The van der Waals surface area contributed by atoms with Crippen LogP contribution in [0.5, 0.6) is 5.75 Å². The number of benzene rings is 1. The Balaban J connectivity index is 2.92. The monoisotopic (exact) mass is 386 g/mol. The first kappa shape index (κ1) is 14.6. The zero-order valence-corrected chi connectivity index (χ0v) is 14.5. The van der Waals surface area contributed by atoms with E-state index in [0.717, 1.165) is 37.0 Å². The van der Waals surface area contributed by atoms with E-state index in [9.17, 15) is 0 Å². The number of halogens is 2. The SMILES string of the molecule is CNc1cc(C(C)C)nc2c(Br)cc(Br)c(OC)c12. The van der Waals surface area contributed by atoms with Crippen LogP contribution in [0.25, 0.3) is 10.9 Å². The van der Waals surface area contributed by atoms with Crippen molar-refractivity contribution in [3.05, 3.63) is 26.8 Å². The van der Waals surface area contributed by atoms with Gasteiger partial charge < -0.3 is 10.1 Å². The molecule has 2 rings (SSSR count). The molecule has 0 saturated carbocycles. The fourth-order valence-corrected chi connectivity index (χ4v) is 3.44. The Morgan fingerprint density at radius 1 is 1.21 bits per heavy atom. The van der Waals surface area contributed by atoms with Gasteiger partial charge >= 0.3 is 0 Å². The lowest BCUT2D eigenvalue weighted by Crippen LogP contribution is -2.00. The van der Waals surface area contributed by atoms with Crippen molar-refractivity contribution in [3.63, 3.8) is 0 Å². The number of hydrogen-bond acceptors (Lipinski definition) is 3. The molecule has 2 aromatic rings. The van der Waals surface area contributed by atoms with Crippen LogP contribution in [0, 0.1) is 0 Å². The summed E-state index contributed by atoms with van der Waals surface area (Å²) in [6.45, 7) is 4.27. The average Bonchev–Trinajstić information content (AvgIpc) is 2.38. The van der Waals surface area contributed by atoms with E-state index < -0.39 is 0 Å². The van der Waals surface area contributed by atoms with Crippen molar-refractivity contribution < 1.29 is 4.74 Å². The average molecular weight is 388 g/mol. The number of pyridine rings is 1. The number of ether oxygens (including phenoxy) is 1. The Hall–Kier alpha value is -0.810. The molecule has 0 atom stereocenters. The summed E-state index contributed by atoms with van der Waals surface area (Å²) in [7, 11) is 3.58. The molecule has 0 unspecified atom stereocenters. The summed E-state index contributed by atoms with van der Waals surface area (Å²) in [6, 6.07) is 4.05. The van der Waals surface area contributed by atoms with Crippen LogP contribution in [-0.4, -0.2) is 19.1 Å². The first-order valence-corrected chi connectivity index (χ1v) is 7.62. The molecular weight excluding hydrogens is 372 g/mol. The lowest BCUT2D eigenvalue weighted by molar-refractivity contribution is 0.417. The molecule has 0 aliphatic carbocycles. The normalized spacial score (nSPS) is 11.1. The largest absolute Gasteiger partial charge is 0.495 e. The van der Waals surface area contributed by atoms with Crippen molar-refractivity contribution in [2.45, 2.75) is 19.8 Å². The predicted molar refractivity (Wildman–Crippen MR) is 87.3 cm³/mol. The fraction of sp³-hybridized carbons (Fsp3) is 0.357. The van der Waals surface area contributed by atoms with Crippen LogP contribution in [0.1, 0.15) is 25.5 Å². The molecule has 3 nitrogen and oxygen atoms in total. The molecule has 0 aliphatic rings. The van der Waals surface area contributed by atoms with E-state index in [1.807, 2.05) is 13.1 Å². The van der Waals surface area contributed by atoms with E-state index in [4.69, 9.17) is 9.72 Å². The molecule has 102 valence electrons. The first-order chi connectivity index (χ1) is 8.99. The topological polar surface area (TPSA) is 34.2 Å². The summed E-state index contributed by atoms with van der Waals surface area (Å²) in [5, 5.41) is 4.21. The van der Waals surface area contributed by atoms with Gasteiger partial charge in [-0.1, -0.05) is 13.8 Å². The van der Waals surface area contributed by atoms with Crippen LogP contribution in [-0.2, 0) is 0 Å². The lowest BCUT2D eigenvalue weighted by atomic mass is 10.1. The molecule has 1 N–H and O–H groups in total. The number of fused-ring (bicyclic) bond motifs is 1. The van der Waals surface area contributed by atoms with E-state index >= 15 is 0 Å². The second-order valence-corrected chi connectivity index (χ2v) is 6.31. The number of methoxy groups -OCH3 is 1. The molecule has 0 saturated heterocycles. The first-order valence-electron chi connectivity index (χ1n) is 6.04. The van der Waals surface area contributed by atoms with Gasteiger partial charge in [0, 0.05) is 22.9 Å². The van der Waals surface area contributed by atoms with E-state index in [1.54, 1.807) is 7.11 Å². The highest BCUT2D eigenvalue weighted by atomic mass is 79.9. The van der Waals surface area contributed by atoms with Crippen molar-refractivity contribution in [2.24, 2.45) is 0 Å². The molecule has 0 bridgehead atoms. The number of rotatable bonds is 3. The lowest BCUT2D eigenvalue weighted by Gasteiger charge is -2.16. The molecule has 19 heavy (non-hydrogen) atoms. The number of nitrogens with one attached hydrogen (secondary N) is 1. The van der Waals surface area contributed by atoms with Crippen molar-refractivity contribution >= 4 is 48.5 Å². The molecule has 0 spiro atoms. The summed E-state index contributed by atoms with van der Waals surface area (Å²) in [4.78, 5) is 4.74. The maximum absolute atomic E-state index is 5.51. The Bertz CT molecular complexity index is 627. The molecule has 5 heteroatoms. The number of anilines is 1. The summed E-state index contributed by atoms with van der Waals surface area (Å²) in [6.07, 6.45) is 0. The summed E-state index contributed by atoms with van der Waals surface area (Å²) in [5.74, 6) is 1.17. The quantitative estimate of drug-likeness (QED) is 0.810. The van der Waals surface area contributed by atoms with Crippen LogP contribution in [0.3, 0.4) is 0 Å². The summed E-state index contributed by atoms with van der Waals surface area (Å²) < 4.78 is 7.37. The third kappa shape index (κ3) is 2.58. The molecule has 0 amide bonds. The number of hydrogen-bond donors (Lipinski definition) is 1. The fourth-order valence-electron chi connectivity index (χ4n) is 2.02. The van der Waals surface area contributed by atoms with E-state index in [-0.39, 0.29) is 0 Å². The Kier molecular flexibility index (Phi) is 4.36. The summed E-state index contributed by atoms with van der Waals surface area (Å²) in [5.41, 5.74) is 2.99. The smallest absolute Gasteiger partial charge is 0.144 e. The standard InChI is InChI=1S/C14H16Br2N2O/c1-7(2)10-6-11(17-3)12-13(18-10)8(15)5-9(16)14(12)19-4/h5-7H,1-4H3,(H,17,18). The molecular formula is C14H16Br2N2O. The number of aromatic nitrogens is 1. The van der Waals surface area contributed by atoms with Crippen LogP contribution in [0.2, 0.25) is 0 Å². The molecule has 0 aliphatic heterocycles. The Labute approximate surface area is 130 Å². The molecule has 1 aromatic heterocycles. The van der Waals surface area contributed by atoms with Crippen molar-refractivity contribution in [1.29, 1.82) is 0 Å². The van der Waals surface area contributed by atoms with Gasteiger partial charge in [0.15, 0.2) is 0 Å². The molecule has 1 aromatic carbocycles. The second-order valence-electron chi connectivity index (χ2n) is 4.60. The van der Waals surface area contributed by atoms with Gasteiger partial charge in [-0.15, -0.1) is 0 Å². The van der Waals surface area contributed by atoms with Crippen LogP contribution >= 0.6 is 31.9 Å². The zero-order chi connectivity index (χ0) is 14.2. The highest BCUT2D eigenvalue weighted by molar-refractivity contribution is 9.11. The van der Waals surface area contributed by atoms with E-state index in [2.05, 4.69) is 57.1 Å². The Morgan fingerprint density at radius 2 is 1.89 bits per heavy atom. The zero-order valence-electron chi connectivity index (χ0n) is 11.3. The number of nitrogens with zero attached hydrogens (tertiary/aromatic N) is 1. The molecule has 0 radical (unpaired) electrons. The van der Waals surface area contributed by atoms with Gasteiger partial charge in [0.05, 0.1) is 22.5 Å².